The molecule has 0 saturated carbocycles. The lowest BCUT2D eigenvalue weighted by atomic mass is 9.77. The highest BCUT2D eigenvalue weighted by atomic mass is 16.5. The van der Waals surface area contributed by atoms with Crippen molar-refractivity contribution in [2.45, 2.75) is 40.5 Å². The Kier molecular flexibility index (Phi) is 8.03. The second-order valence-corrected chi connectivity index (χ2v) is 4.96. The van der Waals surface area contributed by atoms with E-state index in [9.17, 15) is 9.59 Å². The summed E-state index contributed by atoms with van der Waals surface area (Å²) in [5, 5.41) is 0. The summed E-state index contributed by atoms with van der Waals surface area (Å²) in [4.78, 5) is 27.8. The van der Waals surface area contributed by atoms with Gasteiger partial charge in [0.25, 0.3) is 0 Å². The normalized spacial score (nSPS) is 13.7. The highest BCUT2D eigenvalue weighted by Gasteiger charge is 2.42. The number of nitrogens with zero attached hydrogens (tertiary/aromatic N) is 1. The van der Waals surface area contributed by atoms with Crippen molar-refractivity contribution in [2.24, 2.45) is 16.3 Å². The van der Waals surface area contributed by atoms with E-state index in [0.717, 1.165) is 0 Å². The monoisotopic (exact) mass is 271 g/mol. The second-order valence-electron chi connectivity index (χ2n) is 4.96. The number of carbonyl (C=O) groups excluding carboxylic acids is 2. The summed E-state index contributed by atoms with van der Waals surface area (Å²) in [7, 11) is 0. The van der Waals surface area contributed by atoms with Crippen LogP contribution in [0.5, 0.6) is 0 Å². The van der Waals surface area contributed by atoms with Crippen molar-refractivity contribution < 1.29 is 19.1 Å². The van der Waals surface area contributed by atoms with Crippen LogP contribution in [0.25, 0.3) is 0 Å². The summed E-state index contributed by atoms with van der Waals surface area (Å²) >= 11 is 0. The Morgan fingerprint density at radius 1 is 1.21 bits per heavy atom. The minimum absolute atomic E-state index is 0.0170. The molecule has 0 aliphatic carbocycles. The molecule has 5 nitrogen and oxygen atoms in total. The lowest BCUT2D eigenvalue weighted by Gasteiger charge is -2.30. The van der Waals surface area contributed by atoms with E-state index >= 15 is 0 Å². The zero-order valence-electron chi connectivity index (χ0n) is 12.4. The number of esters is 2. The van der Waals surface area contributed by atoms with Crippen molar-refractivity contribution in [3.05, 3.63) is 0 Å². The van der Waals surface area contributed by atoms with Crippen LogP contribution >= 0.6 is 0 Å². The third-order valence-electron chi connectivity index (χ3n) is 2.71. The number of ether oxygens (including phenoxy) is 2. The van der Waals surface area contributed by atoms with Crippen molar-refractivity contribution in [3.8, 4) is 0 Å². The van der Waals surface area contributed by atoms with Crippen LogP contribution in [0.1, 0.15) is 40.5 Å². The van der Waals surface area contributed by atoms with Crippen LogP contribution < -0.4 is 0 Å². The molecule has 0 radical (unpaired) electrons. The molecule has 1 atom stereocenters. The number of hydrogen-bond donors (Lipinski definition) is 0. The molecule has 1 unspecified atom stereocenters. The Morgan fingerprint density at radius 2 is 1.79 bits per heavy atom. The van der Waals surface area contributed by atoms with Gasteiger partial charge < -0.3 is 9.47 Å². The van der Waals surface area contributed by atoms with Gasteiger partial charge in [-0.1, -0.05) is 13.8 Å². The molecule has 0 heterocycles. The maximum Gasteiger partial charge on any atom is 0.314 e. The van der Waals surface area contributed by atoms with Gasteiger partial charge in [0.15, 0.2) is 0 Å². The van der Waals surface area contributed by atoms with Gasteiger partial charge in [-0.15, -0.1) is 0 Å². The smallest absolute Gasteiger partial charge is 0.314 e. The molecule has 0 amide bonds. The van der Waals surface area contributed by atoms with Crippen LogP contribution in [0, 0.1) is 11.3 Å². The summed E-state index contributed by atoms with van der Waals surface area (Å²) in [6.45, 7) is 11.6. The Hall–Kier alpha value is -1.39. The molecule has 0 aromatic rings. The Labute approximate surface area is 115 Å². The summed E-state index contributed by atoms with van der Waals surface area (Å²) < 4.78 is 10.1. The van der Waals surface area contributed by atoms with Gasteiger partial charge >= 0.3 is 11.9 Å². The van der Waals surface area contributed by atoms with E-state index in [1.807, 2.05) is 13.8 Å². The first kappa shape index (κ1) is 17.6. The zero-order valence-corrected chi connectivity index (χ0v) is 12.4. The molecule has 0 aliphatic rings. The molecule has 0 spiro atoms. The van der Waals surface area contributed by atoms with Crippen LogP contribution in [0.2, 0.25) is 0 Å². The fourth-order valence-corrected chi connectivity index (χ4v) is 2.18. The fourth-order valence-electron chi connectivity index (χ4n) is 2.18. The van der Waals surface area contributed by atoms with E-state index in [0.29, 0.717) is 13.0 Å². The lowest BCUT2D eigenvalue weighted by Crippen LogP contribution is -2.40. The quantitative estimate of drug-likeness (QED) is 0.476. The van der Waals surface area contributed by atoms with Gasteiger partial charge in [0, 0.05) is 0 Å². The predicted molar refractivity (Wildman–Crippen MR) is 74.2 cm³/mol. The molecule has 0 fully saturated rings. The molecule has 0 saturated heterocycles. The highest BCUT2D eigenvalue weighted by Crippen LogP contribution is 2.33. The standard InChI is InChI=1S/C14H25NO4/c1-6-18-12(16)9-14(10-15-5,8-11(3)4)13(17)19-7-2/h11H,5-10H2,1-4H3. The van der Waals surface area contributed by atoms with Crippen molar-refractivity contribution >= 4 is 18.7 Å². The lowest BCUT2D eigenvalue weighted by molar-refractivity contribution is -0.163. The molecule has 0 aromatic carbocycles. The Balaban J connectivity index is 5.16. The molecular weight excluding hydrogens is 246 g/mol. The van der Waals surface area contributed by atoms with E-state index < -0.39 is 17.4 Å². The molecule has 0 aromatic heterocycles. The molecule has 0 N–H and O–H groups in total. The molecule has 19 heavy (non-hydrogen) atoms. The minimum Gasteiger partial charge on any atom is -0.466 e. The van der Waals surface area contributed by atoms with Crippen molar-refractivity contribution in [1.82, 2.24) is 0 Å². The van der Waals surface area contributed by atoms with E-state index in [2.05, 4.69) is 11.7 Å². The van der Waals surface area contributed by atoms with Crippen LogP contribution in [-0.2, 0) is 19.1 Å². The van der Waals surface area contributed by atoms with Gasteiger partial charge in [0.05, 0.1) is 31.6 Å². The molecule has 0 bridgehead atoms. The summed E-state index contributed by atoms with van der Waals surface area (Å²) in [5.74, 6) is -0.565. The maximum absolute atomic E-state index is 12.2. The average molecular weight is 271 g/mol. The second kappa shape index (κ2) is 8.67. The van der Waals surface area contributed by atoms with Crippen molar-refractivity contribution in [2.75, 3.05) is 19.8 Å². The summed E-state index contributed by atoms with van der Waals surface area (Å²) in [6, 6.07) is 0. The van der Waals surface area contributed by atoms with E-state index in [1.165, 1.54) is 0 Å². The Morgan fingerprint density at radius 3 is 2.21 bits per heavy atom. The van der Waals surface area contributed by atoms with Crippen molar-refractivity contribution in [3.63, 3.8) is 0 Å². The van der Waals surface area contributed by atoms with Gasteiger partial charge in [-0.2, -0.15) is 0 Å². The topological polar surface area (TPSA) is 65.0 Å². The fraction of sp³-hybridized carbons (Fsp3) is 0.786. The van der Waals surface area contributed by atoms with Crippen LogP contribution in [-0.4, -0.2) is 38.4 Å². The molecular formula is C14H25NO4. The first-order chi connectivity index (χ1) is 8.91. The minimum atomic E-state index is -0.960. The Bertz CT molecular complexity index is 315. The average Bonchev–Trinajstić information content (AvgIpc) is 2.28. The third-order valence-corrected chi connectivity index (χ3v) is 2.71. The first-order valence-corrected chi connectivity index (χ1v) is 6.67. The zero-order chi connectivity index (χ0) is 14.9. The number of hydrogen-bond acceptors (Lipinski definition) is 5. The predicted octanol–water partition coefficient (Wildman–Crippen LogP) is 2.24. The van der Waals surface area contributed by atoms with Gasteiger partial charge in [0.2, 0.25) is 0 Å². The highest BCUT2D eigenvalue weighted by molar-refractivity contribution is 5.84. The SMILES string of the molecule is C=NCC(CC(=O)OCC)(CC(C)C)C(=O)OCC. The molecule has 0 rings (SSSR count). The maximum atomic E-state index is 12.2. The van der Waals surface area contributed by atoms with Gasteiger partial charge in [0.1, 0.15) is 0 Å². The molecule has 110 valence electrons. The van der Waals surface area contributed by atoms with Crippen LogP contribution in [0.3, 0.4) is 0 Å². The van der Waals surface area contributed by atoms with Crippen molar-refractivity contribution in [1.29, 1.82) is 0 Å². The molecule has 0 aliphatic heterocycles. The van der Waals surface area contributed by atoms with Gasteiger partial charge in [-0.05, 0) is 32.9 Å². The van der Waals surface area contributed by atoms with Gasteiger partial charge in [-0.3, -0.25) is 14.6 Å². The third kappa shape index (κ3) is 5.85. The van der Waals surface area contributed by atoms with Crippen LogP contribution in [0.4, 0.5) is 0 Å². The van der Waals surface area contributed by atoms with E-state index in [4.69, 9.17) is 9.47 Å². The number of carbonyl (C=O) groups is 2. The largest absolute Gasteiger partial charge is 0.466 e. The van der Waals surface area contributed by atoms with Gasteiger partial charge in [-0.25, -0.2) is 0 Å². The molecule has 5 heteroatoms. The van der Waals surface area contributed by atoms with Crippen LogP contribution in [0.15, 0.2) is 4.99 Å². The van der Waals surface area contributed by atoms with E-state index in [1.54, 1.807) is 13.8 Å². The summed E-state index contributed by atoms with van der Waals surface area (Å²) in [6.07, 6.45) is 0.501. The summed E-state index contributed by atoms with van der Waals surface area (Å²) in [5.41, 5.74) is -0.960. The first-order valence-electron chi connectivity index (χ1n) is 6.67. The number of rotatable bonds is 9. The number of aliphatic imine (C=N–C) groups is 1. The van der Waals surface area contributed by atoms with E-state index in [-0.39, 0.29) is 25.5 Å².